The van der Waals surface area contributed by atoms with Crippen LogP contribution in [0.2, 0.25) is 5.02 Å². The molecule has 1 unspecified atom stereocenters. The Kier molecular flexibility index (Phi) is 4.18. The summed E-state index contributed by atoms with van der Waals surface area (Å²) >= 11 is 6.38. The van der Waals surface area contributed by atoms with Gasteiger partial charge in [0, 0.05) is 5.54 Å². The molecule has 0 aromatic heterocycles. The van der Waals surface area contributed by atoms with Crippen molar-refractivity contribution in [2.24, 2.45) is 0 Å². The monoisotopic (exact) mass is 301 g/mol. The van der Waals surface area contributed by atoms with E-state index >= 15 is 0 Å². The van der Waals surface area contributed by atoms with Crippen molar-refractivity contribution in [2.45, 2.75) is 31.9 Å². The molecule has 1 heterocycles. The van der Waals surface area contributed by atoms with Crippen LogP contribution in [0.4, 0.5) is 0 Å². The number of rotatable bonds is 4. The van der Waals surface area contributed by atoms with Gasteiger partial charge < -0.3 is 10.1 Å². The first-order valence-electron chi connectivity index (χ1n) is 7.39. The van der Waals surface area contributed by atoms with Gasteiger partial charge in [-0.1, -0.05) is 48.0 Å². The quantitative estimate of drug-likeness (QED) is 0.896. The van der Waals surface area contributed by atoms with Gasteiger partial charge in [0.05, 0.1) is 5.02 Å². The second kappa shape index (κ2) is 6.08. The number of hydrogen-bond donors (Lipinski definition) is 1. The number of benzene rings is 2. The van der Waals surface area contributed by atoms with Gasteiger partial charge in [0.25, 0.3) is 0 Å². The van der Waals surface area contributed by atoms with E-state index in [0.29, 0.717) is 11.6 Å². The van der Waals surface area contributed by atoms with Crippen LogP contribution in [0.5, 0.6) is 5.75 Å². The van der Waals surface area contributed by atoms with Gasteiger partial charge in [-0.05, 0) is 49.6 Å². The van der Waals surface area contributed by atoms with Crippen molar-refractivity contribution in [3.63, 3.8) is 0 Å². The third kappa shape index (κ3) is 3.22. The van der Waals surface area contributed by atoms with Gasteiger partial charge in [0.1, 0.15) is 12.4 Å². The molecule has 2 aromatic rings. The highest BCUT2D eigenvalue weighted by atomic mass is 35.5. The van der Waals surface area contributed by atoms with Crippen molar-refractivity contribution in [1.29, 1.82) is 0 Å². The minimum atomic E-state index is 0.0433. The molecule has 0 amide bonds. The molecule has 3 heteroatoms. The molecule has 1 N–H and O–H groups in total. The van der Waals surface area contributed by atoms with Gasteiger partial charge in [0.15, 0.2) is 0 Å². The Hall–Kier alpha value is -1.51. The fourth-order valence-electron chi connectivity index (χ4n) is 2.84. The van der Waals surface area contributed by atoms with E-state index in [1.54, 1.807) is 0 Å². The number of ether oxygens (including phenoxy) is 1. The van der Waals surface area contributed by atoms with Crippen LogP contribution in [0, 0.1) is 0 Å². The Balaban J connectivity index is 1.73. The molecule has 0 aliphatic carbocycles. The lowest BCUT2D eigenvalue weighted by molar-refractivity contribution is 0.306. The van der Waals surface area contributed by atoms with Crippen LogP contribution >= 0.6 is 11.6 Å². The number of nitrogens with one attached hydrogen (secondary N) is 1. The lowest BCUT2D eigenvalue weighted by Gasteiger charge is -2.25. The molecule has 2 nitrogen and oxygen atoms in total. The number of hydrogen-bond acceptors (Lipinski definition) is 2. The topological polar surface area (TPSA) is 21.3 Å². The third-order valence-corrected chi connectivity index (χ3v) is 4.47. The van der Waals surface area contributed by atoms with E-state index in [4.69, 9.17) is 16.3 Å². The molecule has 1 fully saturated rings. The summed E-state index contributed by atoms with van der Waals surface area (Å²) in [5.41, 5.74) is 2.42. The summed E-state index contributed by atoms with van der Waals surface area (Å²) in [4.78, 5) is 0. The van der Waals surface area contributed by atoms with E-state index in [9.17, 15) is 0 Å². The third-order valence-electron chi connectivity index (χ3n) is 4.17. The average molecular weight is 302 g/mol. The first kappa shape index (κ1) is 14.4. The van der Waals surface area contributed by atoms with Gasteiger partial charge in [0.2, 0.25) is 0 Å². The van der Waals surface area contributed by atoms with Crippen LogP contribution in [0.25, 0.3) is 0 Å². The summed E-state index contributed by atoms with van der Waals surface area (Å²) in [6, 6.07) is 16.2. The summed E-state index contributed by atoms with van der Waals surface area (Å²) in [5.74, 6) is 0.742. The second-order valence-corrected chi connectivity index (χ2v) is 6.19. The van der Waals surface area contributed by atoms with Crippen LogP contribution in [0.1, 0.15) is 30.9 Å². The van der Waals surface area contributed by atoms with Gasteiger partial charge >= 0.3 is 0 Å². The van der Waals surface area contributed by atoms with Crippen molar-refractivity contribution in [3.05, 3.63) is 64.7 Å². The second-order valence-electron chi connectivity index (χ2n) is 5.78. The van der Waals surface area contributed by atoms with Crippen molar-refractivity contribution < 1.29 is 4.74 Å². The average Bonchev–Trinajstić information content (AvgIpc) is 2.95. The van der Waals surface area contributed by atoms with Crippen LogP contribution in [-0.2, 0) is 12.1 Å². The first-order chi connectivity index (χ1) is 10.2. The Morgan fingerprint density at radius 1 is 1.19 bits per heavy atom. The fourth-order valence-corrected chi connectivity index (χ4v) is 3.07. The molecule has 0 spiro atoms. The van der Waals surface area contributed by atoms with Gasteiger partial charge in [-0.2, -0.15) is 0 Å². The van der Waals surface area contributed by atoms with E-state index in [1.807, 2.05) is 42.5 Å². The zero-order valence-corrected chi connectivity index (χ0v) is 13.0. The number of halogens is 1. The van der Waals surface area contributed by atoms with E-state index < -0.39 is 0 Å². The molecular weight excluding hydrogens is 282 g/mol. The molecule has 0 radical (unpaired) electrons. The summed E-state index contributed by atoms with van der Waals surface area (Å²) in [5, 5.41) is 4.23. The molecule has 1 saturated heterocycles. The molecule has 3 rings (SSSR count). The van der Waals surface area contributed by atoms with Crippen LogP contribution < -0.4 is 10.1 Å². The maximum Gasteiger partial charge on any atom is 0.138 e. The molecule has 1 atom stereocenters. The molecule has 0 bridgehead atoms. The Bertz CT molecular complexity index is 606. The zero-order valence-electron chi connectivity index (χ0n) is 12.2. The molecule has 1 aliphatic heterocycles. The van der Waals surface area contributed by atoms with E-state index in [2.05, 4.69) is 18.3 Å². The smallest absolute Gasteiger partial charge is 0.138 e. The maximum absolute atomic E-state index is 6.38. The van der Waals surface area contributed by atoms with Crippen molar-refractivity contribution in [3.8, 4) is 5.75 Å². The predicted molar refractivity (Wildman–Crippen MR) is 86.8 cm³/mol. The maximum atomic E-state index is 6.38. The predicted octanol–water partition coefficient (Wildman–Crippen LogP) is 4.52. The van der Waals surface area contributed by atoms with Crippen LogP contribution in [-0.4, -0.2) is 6.54 Å². The minimum absolute atomic E-state index is 0.0433. The minimum Gasteiger partial charge on any atom is -0.487 e. The Morgan fingerprint density at radius 2 is 2.00 bits per heavy atom. The highest BCUT2D eigenvalue weighted by molar-refractivity contribution is 6.32. The lowest BCUT2D eigenvalue weighted by atomic mass is 9.90. The molecule has 1 aliphatic rings. The summed E-state index contributed by atoms with van der Waals surface area (Å²) < 4.78 is 5.82. The lowest BCUT2D eigenvalue weighted by Crippen LogP contribution is -2.33. The Labute approximate surface area is 131 Å². The van der Waals surface area contributed by atoms with E-state index in [0.717, 1.165) is 24.3 Å². The van der Waals surface area contributed by atoms with Crippen molar-refractivity contribution >= 4 is 11.6 Å². The summed E-state index contributed by atoms with van der Waals surface area (Å²) in [6.07, 6.45) is 2.36. The van der Waals surface area contributed by atoms with E-state index in [-0.39, 0.29) is 5.54 Å². The highest BCUT2D eigenvalue weighted by Crippen LogP contribution is 2.35. The van der Waals surface area contributed by atoms with Gasteiger partial charge in [-0.15, -0.1) is 0 Å². The fraction of sp³-hybridized carbons (Fsp3) is 0.333. The molecule has 2 aromatic carbocycles. The zero-order chi connectivity index (χ0) is 14.7. The van der Waals surface area contributed by atoms with Crippen molar-refractivity contribution in [1.82, 2.24) is 5.32 Å². The van der Waals surface area contributed by atoms with Gasteiger partial charge in [-0.3, -0.25) is 0 Å². The summed E-state index contributed by atoms with van der Waals surface area (Å²) in [6.45, 7) is 3.84. The van der Waals surface area contributed by atoms with Crippen LogP contribution in [0.15, 0.2) is 48.5 Å². The van der Waals surface area contributed by atoms with Crippen LogP contribution in [0.3, 0.4) is 0 Å². The Morgan fingerprint density at radius 3 is 2.67 bits per heavy atom. The largest absolute Gasteiger partial charge is 0.487 e. The molecule has 110 valence electrons. The van der Waals surface area contributed by atoms with E-state index in [1.165, 1.54) is 12.0 Å². The normalized spacial score (nSPS) is 21.4. The molecule has 0 saturated carbocycles. The van der Waals surface area contributed by atoms with Gasteiger partial charge in [-0.25, -0.2) is 0 Å². The van der Waals surface area contributed by atoms with Crippen molar-refractivity contribution in [2.75, 3.05) is 6.54 Å². The molecule has 21 heavy (non-hydrogen) atoms. The molecular formula is C18H20ClNO. The first-order valence-corrected chi connectivity index (χ1v) is 7.77. The SMILES string of the molecule is CC1(c2ccc(OCc3ccccc3)c(Cl)c2)CCCN1. The standard InChI is InChI=1S/C18H20ClNO/c1-18(10-5-11-20-18)15-8-9-17(16(19)12-15)21-13-14-6-3-2-4-7-14/h2-4,6-9,12,20H,5,10-11,13H2,1H3. The highest BCUT2D eigenvalue weighted by Gasteiger charge is 2.30. The summed E-state index contributed by atoms with van der Waals surface area (Å²) in [7, 11) is 0.